The molecule has 1 aliphatic heterocycles. The van der Waals surface area contributed by atoms with Gasteiger partial charge < -0.3 is 10.2 Å². The number of aromatic nitrogens is 1. The number of hydrogen-bond acceptors (Lipinski definition) is 4. The van der Waals surface area contributed by atoms with Crippen LogP contribution >= 0.6 is 0 Å². The average molecular weight is 445 g/mol. The topological polar surface area (TPSA) is 65.5 Å². The number of piperazine rings is 1. The van der Waals surface area contributed by atoms with Crippen molar-refractivity contribution in [3.63, 3.8) is 0 Å². The molecule has 172 valence electrons. The van der Waals surface area contributed by atoms with Gasteiger partial charge in [-0.1, -0.05) is 56.3 Å². The Morgan fingerprint density at radius 1 is 0.970 bits per heavy atom. The van der Waals surface area contributed by atoms with Crippen LogP contribution in [-0.4, -0.2) is 58.8 Å². The van der Waals surface area contributed by atoms with Crippen LogP contribution in [0, 0.1) is 12.8 Å². The first kappa shape index (κ1) is 22.9. The first-order valence-electron chi connectivity index (χ1n) is 11.6. The van der Waals surface area contributed by atoms with Crippen LogP contribution in [-0.2, 0) is 11.3 Å². The van der Waals surface area contributed by atoms with Crippen LogP contribution in [0.4, 0.5) is 0 Å². The molecule has 6 heteroatoms. The highest BCUT2D eigenvalue weighted by atomic mass is 16.2. The molecule has 1 N–H and O–H groups in total. The van der Waals surface area contributed by atoms with Crippen molar-refractivity contribution in [1.82, 2.24) is 20.1 Å². The van der Waals surface area contributed by atoms with Crippen molar-refractivity contribution in [2.45, 2.75) is 33.4 Å². The van der Waals surface area contributed by atoms with E-state index in [1.54, 1.807) is 6.07 Å². The van der Waals surface area contributed by atoms with Gasteiger partial charge in [0.25, 0.3) is 5.91 Å². The molecule has 0 radical (unpaired) electrons. The number of amides is 2. The third kappa shape index (κ3) is 5.22. The molecule has 2 amide bonds. The number of hydrogen-bond donors (Lipinski definition) is 1. The highest BCUT2D eigenvalue weighted by molar-refractivity contribution is 5.98. The van der Waals surface area contributed by atoms with Crippen LogP contribution in [0.5, 0.6) is 0 Å². The Balaban J connectivity index is 1.38. The summed E-state index contributed by atoms with van der Waals surface area (Å²) in [7, 11) is 0. The van der Waals surface area contributed by atoms with Gasteiger partial charge in [-0.25, -0.2) is 0 Å². The van der Waals surface area contributed by atoms with E-state index in [0.717, 1.165) is 36.1 Å². The summed E-state index contributed by atoms with van der Waals surface area (Å²) in [5, 5.41) is 4.14. The van der Waals surface area contributed by atoms with Gasteiger partial charge in [-0.15, -0.1) is 0 Å². The molecule has 3 aromatic rings. The van der Waals surface area contributed by atoms with Gasteiger partial charge in [0.05, 0.1) is 5.52 Å². The Kier molecular flexibility index (Phi) is 7.04. The van der Waals surface area contributed by atoms with Gasteiger partial charge in [0.15, 0.2) is 0 Å². The van der Waals surface area contributed by atoms with Crippen LogP contribution in [0.25, 0.3) is 10.9 Å². The molecule has 0 bridgehead atoms. The van der Waals surface area contributed by atoms with Crippen molar-refractivity contribution in [2.75, 3.05) is 26.2 Å². The second-order valence-corrected chi connectivity index (χ2v) is 9.10. The maximum atomic E-state index is 13.3. The third-order valence-electron chi connectivity index (χ3n) is 6.40. The number of fused-ring (bicyclic) bond motifs is 1. The van der Waals surface area contributed by atoms with Crippen molar-refractivity contribution in [3.8, 4) is 0 Å². The average Bonchev–Trinajstić information content (AvgIpc) is 2.83. The van der Waals surface area contributed by atoms with Gasteiger partial charge in [-0.05, 0) is 36.1 Å². The number of benzene rings is 2. The highest BCUT2D eigenvalue weighted by Gasteiger charge is 2.31. The molecule has 1 unspecified atom stereocenters. The molecule has 1 atom stereocenters. The summed E-state index contributed by atoms with van der Waals surface area (Å²) in [5.74, 6) is -0.189. The Bertz CT molecular complexity index is 1130. The number of pyridine rings is 1. The maximum Gasteiger partial charge on any atom is 0.252 e. The van der Waals surface area contributed by atoms with E-state index in [0.29, 0.717) is 18.7 Å². The van der Waals surface area contributed by atoms with Gasteiger partial charge in [0, 0.05) is 49.9 Å². The second-order valence-electron chi connectivity index (χ2n) is 9.10. The van der Waals surface area contributed by atoms with Crippen molar-refractivity contribution in [1.29, 1.82) is 0 Å². The zero-order valence-corrected chi connectivity index (χ0v) is 19.6. The lowest BCUT2D eigenvalue weighted by molar-refractivity contribution is -0.136. The molecule has 1 saturated heterocycles. The summed E-state index contributed by atoms with van der Waals surface area (Å²) in [4.78, 5) is 35.0. The molecular weight excluding hydrogens is 412 g/mol. The maximum absolute atomic E-state index is 13.3. The first-order valence-corrected chi connectivity index (χ1v) is 11.6. The lowest BCUT2D eigenvalue weighted by atomic mass is 10.0. The van der Waals surface area contributed by atoms with Gasteiger partial charge in [0.1, 0.15) is 6.04 Å². The lowest BCUT2D eigenvalue weighted by Gasteiger charge is -2.37. The van der Waals surface area contributed by atoms with Crippen LogP contribution in [0.1, 0.15) is 35.3 Å². The SMILES string of the molecule is Cc1ccccc1C(=O)NC(C(=O)N1CCN(Cc2cccc3cccnc23)CC1)C(C)C. The number of nitrogens with zero attached hydrogens (tertiary/aromatic N) is 3. The minimum atomic E-state index is -0.536. The van der Waals surface area contributed by atoms with Crippen LogP contribution < -0.4 is 5.32 Å². The van der Waals surface area contributed by atoms with E-state index >= 15 is 0 Å². The Morgan fingerprint density at radius 3 is 2.42 bits per heavy atom. The number of aryl methyl sites for hydroxylation is 1. The van der Waals surface area contributed by atoms with Crippen LogP contribution in [0.3, 0.4) is 0 Å². The molecule has 1 aliphatic rings. The van der Waals surface area contributed by atoms with E-state index in [1.807, 2.05) is 56.1 Å². The van der Waals surface area contributed by atoms with Crippen molar-refractivity contribution >= 4 is 22.7 Å². The van der Waals surface area contributed by atoms with E-state index in [9.17, 15) is 9.59 Å². The molecule has 33 heavy (non-hydrogen) atoms. The van der Waals surface area contributed by atoms with Crippen molar-refractivity contribution in [2.24, 2.45) is 5.92 Å². The molecule has 0 spiro atoms. The van der Waals surface area contributed by atoms with E-state index in [2.05, 4.69) is 39.5 Å². The minimum Gasteiger partial charge on any atom is -0.340 e. The second kappa shape index (κ2) is 10.1. The van der Waals surface area contributed by atoms with E-state index in [4.69, 9.17) is 0 Å². The van der Waals surface area contributed by atoms with Gasteiger partial charge in [-0.2, -0.15) is 0 Å². The number of carbonyl (C=O) groups excluding carboxylic acids is 2. The molecule has 6 nitrogen and oxygen atoms in total. The molecule has 0 aliphatic carbocycles. The van der Waals surface area contributed by atoms with Crippen molar-refractivity contribution in [3.05, 3.63) is 77.5 Å². The first-order chi connectivity index (χ1) is 15.9. The summed E-state index contributed by atoms with van der Waals surface area (Å²) >= 11 is 0. The fraction of sp³-hybridized carbons (Fsp3) is 0.370. The van der Waals surface area contributed by atoms with Gasteiger partial charge >= 0.3 is 0 Å². The fourth-order valence-corrected chi connectivity index (χ4v) is 4.42. The molecule has 2 heterocycles. The van der Waals surface area contributed by atoms with E-state index < -0.39 is 6.04 Å². The lowest BCUT2D eigenvalue weighted by Crippen LogP contribution is -2.56. The van der Waals surface area contributed by atoms with Gasteiger partial charge in [0.2, 0.25) is 5.91 Å². The summed E-state index contributed by atoms with van der Waals surface area (Å²) in [6.07, 6.45) is 1.83. The number of carbonyl (C=O) groups is 2. The molecular formula is C27H32N4O2. The zero-order valence-electron chi connectivity index (χ0n) is 19.6. The Hall–Kier alpha value is -3.25. The number of nitrogens with one attached hydrogen (secondary N) is 1. The normalized spacial score (nSPS) is 15.6. The summed E-state index contributed by atoms with van der Waals surface area (Å²) < 4.78 is 0. The van der Waals surface area contributed by atoms with E-state index in [1.165, 1.54) is 5.56 Å². The predicted octanol–water partition coefficient (Wildman–Crippen LogP) is 3.64. The standard InChI is InChI=1S/C27H32N4O2/c1-19(2)24(29-26(32)23-12-5-4-8-20(23)3)27(33)31-16-14-30(15-17-31)18-22-10-6-9-21-11-7-13-28-25(21)22/h4-13,19,24H,14-18H2,1-3H3,(H,29,32). The Morgan fingerprint density at radius 2 is 1.70 bits per heavy atom. The van der Waals surface area contributed by atoms with E-state index in [-0.39, 0.29) is 17.7 Å². The van der Waals surface area contributed by atoms with Crippen molar-refractivity contribution < 1.29 is 9.59 Å². The third-order valence-corrected chi connectivity index (χ3v) is 6.40. The summed E-state index contributed by atoms with van der Waals surface area (Å²) in [6.45, 7) is 9.58. The largest absolute Gasteiger partial charge is 0.340 e. The van der Waals surface area contributed by atoms with Crippen LogP contribution in [0.15, 0.2) is 60.8 Å². The molecule has 4 rings (SSSR count). The zero-order chi connectivity index (χ0) is 23.4. The van der Waals surface area contributed by atoms with Gasteiger partial charge in [-0.3, -0.25) is 19.5 Å². The highest BCUT2D eigenvalue weighted by Crippen LogP contribution is 2.19. The smallest absolute Gasteiger partial charge is 0.252 e. The fourth-order valence-electron chi connectivity index (χ4n) is 4.42. The number of rotatable bonds is 6. The van der Waals surface area contributed by atoms with Crippen LogP contribution in [0.2, 0.25) is 0 Å². The molecule has 1 fully saturated rings. The summed E-state index contributed by atoms with van der Waals surface area (Å²) in [6, 6.07) is 17.2. The Labute approximate surface area is 195 Å². The minimum absolute atomic E-state index is 0.00147. The monoisotopic (exact) mass is 444 g/mol. The molecule has 1 aromatic heterocycles. The number of para-hydroxylation sites is 1. The predicted molar refractivity (Wildman–Crippen MR) is 131 cm³/mol. The summed E-state index contributed by atoms with van der Waals surface area (Å²) in [5.41, 5.74) is 3.77. The quantitative estimate of drug-likeness (QED) is 0.630. The molecule has 0 saturated carbocycles. The molecule has 2 aromatic carbocycles.